The van der Waals surface area contributed by atoms with Crippen LogP contribution in [0.5, 0.6) is 0 Å². The molecule has 0 bridgehead atoms. The second-order valence-corrected chi connectivity index (χ2v) is 11.2. The molecule has 0 aromatic heterocycles. The van der Waals surface area contributed by atoms with Crippen molar-refractivity contribution in [1.29, 1.82) is 0 Å². The number of aryl methyl sites for hydroxylation is 4. The minimum absolute atomic E-state index is 1.17. The highest BCUT2D eigenvalue weighted by Gasteiger charge is 2.31. The molecule has 0 fully saturated rings. The summed E-state index contributed by atoms with van der Waals surface area (Å²) >= 11 is 0. The average molecular weight is 526 g/mol. The van der Waals surface area contributed by atoms with Crippen LogP contribution in [0.25, 0.3) is 0 Å². The summed E-state index contributed by atoms with van der Waals surface area (Å²) in [5.74, 6) is 0. The smallest absolute Gasteiger partial charge is 0.131 e. The summed E-state index contributed by atoms with van der Waals surface area (Å²) in [4.78, 5) is 1.55. The van der Waals surface area contributed by atoms with Gasteiger partial charge in [0.25, 0.3) is 0 Å². The molecule has 0 saturated carbocycles. The van der Waals surface area contributed by atoms with Crippen LogP contribution in [0.2, 0.25) is 0 Å². The maximum Gasteiger partial charge on any atom is 0.131 e. The van der Waals surface area contributed by atoms with E-state index in [1.165, 1.54) is 62.9 Å². The van der Waals surface area contributed by atoms with Crippen molar-refractivity contribution in [3.63, 3.8) is 0 Å². The molecule has 0 unspecified atom stereocenters. The van der Waals surface area contributed by atoms with Crippen molar-refractivity contribution in [2.24, 2.45) is 0 Å². The number of benzene rings is 5. The number of hydrogen-bond acceptors (Lipinski definition) is 0. The predicted octanol–water partition coefficient (Wildman–Crippen LogP) is 5.54. The number of para-hydroxylation sites is 1. The summed E-state index contributed by atoms with van der Waals surface area (Å²) < 4.78 is 0. The van der Waals surface area contributed by atoms with E-state index >= 15 is 0 Å². The Labute approximate surface area is 242 Å². The first-order valence-corrected chi connectivity index (χ1v) is 14.7. The Kier molecular flexibility index (Phi) is 9.80. The first-order chi connectivity index (χ1) is 19.4. The van der Waals surface area contributed by atoms with E-state index in [-0.39, 0.29) is 0 Å². The van der Waals surface area contributed by atoms with Crippen LogP contribution >= 0.6 is 0 Å². The van der Waals surface area contributed by atoms with Crippen molar-refractivity contribution >= 4 is 33.7 Å². The summed E-state index contributed by atoms with van der Waals surface area (Å²) in [6.07, 6.45) is -1.27. The Morgan fingerprint density at radius 3 is 0.925 bits per heavy atom. The highest BCUT2D eigenvalue weighted by Crippen LogP contribution is 2.12. The Morgan fingerprint density at radius 1 is 0.400 bits per heavy atom. The van der Waals surface area contributed by atoms with E-state index in [4.69, 9.17) is 0 Å². The van der Waals surface area contributed by atoms with Crippen molar-refractivity contribution in [3.8, 4) is 0 Å². The minimum Gasteiger partial charge on any atom is -0.303 e. The molecule has 1 nitrogen and oxygen atoms in total. The molecule has 5 rings (SSSR count). The molecule has 2 heteroatoms. The van der Waals surface area contributed by atoms with Crippen molar-refractivity contribution in [2.75, 3.05) is 13.1 Å². The van der Waals surface area contributed by atoms with Crippen molar-refractivity contribution < 1.29 is 4.90 Å². The van der Waals surface area contributed by atoms with Gasteiger partial charge in [-0.25, -0.2) is 0 Å². The van der Waals surface area contributed by atoms with E-state index in [1.54, 1.807) is 4.90 Å². The van der Waals surface area contributed by atoms with Gasteiger partial charge < -0.3 is 4.90 Å². The Hall–Kier alpha value is -3.88. The lowest BCUT2D eigenvalue weighted by molar-refractivity contribution is -0.828. The van der Waals surface area contributed by atoms with Crippen LogP contribution in [0.4, 0.5) is 5.69 Å². The molecule has 204 valence electrons. The summed E-state index contributed by atoms with van der Waals surface area (Å²) in [6, 6.07) is 47.0. The second-order valence-electron chi connectivity index (χ2n) is 11.2. The van der Waals surface area contributed by atoms with Crippen LogP contribution in [0, 0.1) is 27.7 Å². The number of rotatable bonds is 7. The van der Waals surface area contributed by atoms with Crippen LogP contribution in [0.3, 0.4) is 0 Å². The van der Waals surface area contributed by atoms with Gasteiger partial charge in [0.15, 0.2) is 0 Å². The predicted molar refractivity (Wildman–Crippen MR) is 177 cm³/mol. The lowest BCUT2D eigenvalue weighted by Crippen LogP contribution is -3.06. The molecular weight excluding hydrogens is 481 g/mol. The van der Waals surface area contributed by atoms with Gasteiger partial charge in [-0.05, 0) is 53.7 Å². The van der Waals surface area contributed by atoms with Crippen molar-refractivity contribution in [1.82, 2.24) is 0 Å². The first kappa shape index (κ1) is 29.1. The molecule has 0 aliphatic rings. The quantitative estimate of drug-likeness (QED) is 0.266. The summed E-state index contributed by atoms with van der Waals surface area (Å²) in [7, 11) is 0. The van der Waals surface area contributed by atoms with Crippen LogP contribution < -0.4 is 26.8 Å². The van der Waals surface area contributed by atoms with E-state index in [0.717, 1.165) is 0 Å². The standard InChI is InChI=1S/C28H28B.C10H15N/c1-21-5-13-25(14-6-21)29(26-15-7-22(2)8-16-26,27-17-9-23(3)10-18-27)28-19-11-24(4)12-20-28;1-3-11(4-2)10-8-6-5-7-9-10/h5-20H,1-4H3;5-9H,3-4H2,1-2H3/q-1;/p+1. The van der Waals surface area contributed by atoms with Gasteiger partial charge in [0.1, 0.15) is 11.8 Å². The molecule has 0 aliphatic heterocycles. The van der Waals surface area contributed by atoms with E-state index in [2.05, 4.69) is 169 Å². The third-order valence-corrected chi connectivity index (χ3v) is 8.34. The fourth-order valence-corrected chi connectivity index (χ4v) is 5.91. The molecule has 0 amide bonds. The third kappa shape index (κ3) is 6.46. The lowest BCUT2D eigenvalue weighted by Gasteiger charge is -2.44. The van der Waals surface area contributed by atoms with Crippen LogP contribution in [0.15, 0.2) is 127 Å². The fourth-order valence-electron chi connectivity index (χ4n) is 5.91. The second kappa shape index (κ2) is 13.5. The summed E-state index contributed by atoms with van der Waals surface area (Å²) in [6.45, 7) is 15.4. The molecule has 0 saturated heterocycles. The molecule has 1 N–H and O–H groups in total. The molecule has 0 heterocycles. The van der Waals surface area contributed by atoms with Gasteiger partial charge in [-0.2, -0.15) is 21.9 Å². The van der Waals surface area contributed by atoms with Gasteiger partial charge in [-0.3, -0.25) is 0 Å². The molecule has 0 spiro atoms. The zero-order valence-corrected chi connectivity index (χ0v) is 25.1. The summed E-state index contributed by atoms with van der Waals surface area (Å²) in [5, 5.41) is 0. The van der Waals surface area contributed by atoms with Gasteiger partial charge in [0.2, 0.25) is 0 Å². The topological polar surface area (TPSA) is 4.44 Å². The van der Waals surface area contributed by atoms with Crippen LogP contribution in [0.1, 0.15) is 36.1 Å². The Balaban J connectivity index is 0.000000283. The minimum atomic E-state index is -1.27. The van der Waals surface area contributed by atoms with Gasteiger partial charge in [0, 0.05) is 0 Å². The highest BCUT2D eigenvalue weighted by molar-refractivity contribution is 7.19. The molecule has 0 atom stereocenters. The first-order valence-electron chi connectivity index (χ1n) is 14.7. The highest BCUT2D eigenvalue weighted by atomic mass is 15.1. The van der Waals surface area contributed by atoms with Gasteiger partial charge in [0.05, 0.1) is 13.1 Å². The van der Waals surface area contributed by atoms with E-state index in [0.29, 0.717) is 0 Å². The van der Waals surface area contributed by atoms with E-state index in [1.807, 2.05) is 0 Å². The fraction of sp³-hybridized carbons (Fsp3) is 0.211. The molecule has 5 aromatic carbocycles. The zero-order chi connectivity index (χ0) is 28.5. The van der Waals surface area contributed by atoms with E-state index in [9.17, 15) is 0 Å². The Bertz CT molecular complexity index is 1260. The average Bonchev–Trinajstić information content (AvgIpc) is 2.98. The van der Waals surface area contributed by atoms with Gasteiger partial charge >= 0.3 is 0 Å². The molecule has 5 aromatic rings. The third-order valence-electron chi connectivity index (χ3n) is 8.34. The molecular formula is C38H44BN. The Morgan fingerprint density at radius 2 is 0.675 bits per heavy atom. The van der Waals surface area contributed by atoms with Crippen LogP contribution in [-0.4, -0.2) is 19.2 Å². The lowest BCUT2D eigenvalue weighted by atomic mass is 9.13. The molecule has 0 aliphatic carbocycles. The SMILES string of the molecule is CC[NH+](CC)c1ccccc1.Cc1ccc([B-](c2ccc(C)cc2)(c2ccc(C)cc2)c2ccc(C)cc2)cc1. The monoisotopic (exact) mass is 525 g/mol. The van der Waals surface area contributed by atoms with Gasteiger partial charge in [-0.1, -0.05) is 138 Å². The maximum atomic E-state index is 2.31. The van der Waals surface area contributed by atoms with Crippen molar-refractivity contribution in [3.05, 3.63) is 150 Å². The van der Waals surface area contributed by atoms with Crippen LogP contribution in [-0.2, 0) is 0 Å². The molecule has 0 radical (unpaired) electrons. The maximum absolute atomic E-state index is 2.31. The van der Waals surface area contributed by atoms with E-state index < -0.39 is 6.15 Å². The summed E-state index contributed by atoms with van der Waals surface area (Å²) in [5.41, 5.74) is 12.0. The zero-order valence-electron chi connectivity index (χ0n) is 25.1. The normalized spacial score (nSPS) is 11.2. The van der Waals surface area contributed by atoms with Crippen molar-refractivity contribution in [2.45, 2.75) is 41.5 Å². The van der Waals surface area contributed by atoms with Gasteiger partial charge in [-0.15, -0.1) is 0 Å². The number of hydrogen-bond donors (Lipinski definition) is 1. The number of nitrogens with one attached hydrogen (secondary N) is 1. The molecule has 40 heavy (non-hydrogen) atoms. The number of quaternary nitrogens is 1. The largest absolute Gasteiger partial charge is 0.303 e.